The van der Waals surface area contributed by atoms with Crippen molar-refractivity contribution in [3.05, 3.63) is 54.1 Å². The zero-order valence-corrected chi connectivity index (χ0v) is 14.0. The van der Waals surface area contributed by atoms with Crippen molar-refractivity contribution in [1.29, 1.82) is 0 Å². The van der Waals surface area contributed by atoms with E-state index in [0.717, 1.165) is 12.8 Å². The van der Waals surface area contributed by atoms with Gasteiger partial charge in [-0.1, -0.05) is 0 Å². The topological polar surface area (TPSA) is 84.5 Å². The monoisotopic (exact) mass is 346 g/mol. The van der Waals surface area contributed by atoms with Crippen LogP contribution in [0.5, 0.6) is 5.75 Å². The minimum absolute atomic E-state index is 0.0491. The molecule has 0 spiro atoms. The number of methoxy groups -OCH3 is 1. The molecule has 0 aliphatic heterocycles. The van der Waals surface area contributed by atoms with E-state index in [4.69, 9.17) is 4.74 Å². The molecule has 126 valence electrons. The molecule has 0 unspecified atom stereocenters. The molecular weight excluding hydrogens is 328 g/mol. The molecule has 1 saturated carbocycles. The summed E-state index contributed by atoms with van der Waals surface area (Å²) >= 11 is 0. The minimum atomic E-state index is -3.50. The van der Waals surface area contributed by atoms with Crippen molar-refractivity contribution in [2.45, 2.75) is 23.8 Å². The molecule has 2 aromatic carbocycles. The van der Waals surface area contributed by atoms with Crippen LogP contribution in [-0.4, -0.2) is 27.5 Å². The van der Waals surface area contributed by atoms with Crippen LogP contribution in [0.3, 0.4) is 0 Å². The highest BCUT2D eigenvalue weighted by Crippen LogP contribution is 2.22. The Balaban J connectivity index is 1.68. The zero-order valence-electron chi connectivity index (χ0n) is 13.2. The first-order valence-corrected chi connectivity index (χ1v) is 9.04. The molecule has 7 heteroatoms. The molecule has 6 nitrogen and oxygen atoms in total. The second-order valence-corrected chi connectivity index (χ2v) is 7.32. The Bertz CT molecular complexity index is 826. The van der Waals surface area contributed by atoms with Gasteiger partial charge in [0.15, 0.2) is 0 Å². The van der Waals surface area contributed by atoms with Gasteiger partial charge in [-0.3, -0.25) is 4.79 Å². The summed E-state index contributed by atoms with van der Waals surface area (Å²) in [6.45, 7) is 0. The first kappa shape index (κ1) is 16.5. The van der Waals surface area contributed by atoms with E-state index in [9.17, 15) is 13.2 Å². The minimum Gasteiger partial charge on any atom is -0.497 e. The highest BCUT2D eigenvalue weighted by molar-refractivity contribution is 7.89. The Morgan fingerprint density at radius 2 is 1.67 bits per heavy atom. The van der Waals surface area contributed by atoms with Crippen LogP contribution in [0.4, 0.5) is 5.69 Å². The van der Waals surface area contributed by atoms with Crippen molar-refractivity contribution in [2.75, 3.05) is 12.4 Å². The average molecular weight is 346 g/mol. The van der Waals surface area contributed by atoms with Crippen molar-refractivity contribution in [2.24, 2.45) is 0 Å². The second-order valence-electron chi connectivity index (χ2n) is 5.60. The van der Waals surface area contributed by atoms with Crippen LogP contribution in [0.25, 0.3) is 0 Å². The van der Waals surface area contributed by atoms with Crippen molar-refractivity contribution >= 4 is 21.6 Å². The van der Waals surface area contributed by atoms with E-state index < -0.39 is 10.0 Å². The molecule has 2 N–H and O–H groups in total. The number of hydrogen-bond donors (Lipinski definition) is 2. The predicted molar refractivity (Wildman–Crippen MR) is 90.7 cm³/mol. The van der Waals surface area contributed by atoms with Gasteiger partial charge in [0.05, 0.1) is 12.0 Å². The Morgan fingerprint density at radius 1 is 1.04 bits per heavy atom. The molecule has 24 heavy (non-hydrogen) atoms. The molecule has 1 amide bonds. The highest BCUT2D eigenvalue weighted by atomic mass is 32.2. The summed E-state index contributed by atoms with van der Waals surface area (Å²) in [5.74, 6) is 0.394. The van der Waals surface area contributed by atoms with Crippen molar-refractivity contribution < 1.29 is 17.9 Å². The normalized spacial score (nSPS) is 14.2. The summed E-state index contributed by atoms with van der Waals surface area (Å²) in [4.78, 5) is 12.4. The summed E-state index contributed by atoms with van der Waals surface area (Å²) in [5, 5.41) is 2.75. The molecule has 0 atom stereocenters. The third kappa shape index (κ3) is 3.93. The van der Waals surface area contributed by atoms with E-state index in [-0.39, 0.29) is 16.8 Å². The number of carbonyl (C=O) groups is 1. The fraction of sp³-hybridized carbons (Fsp3) is 0.235. The van der Waals surface area contributed by atoms with Crippen LogP contribution in [0, 0.1) is 0 Å². The molecule has 0 heterocycles. The van der Waals surface area contributed by atoms with Gasteiger partial charge in [0.2, 0.25) is 10.0 Å². The first-order valence-electron chi connectivity index (χ1n) is 7.56. The number of ether oxygens (including phenoxy) is 1. The molecular formula is C17H18N2O4S. The maximum absolute atomic E-state index is 12.2. The van der Waals surface area contributed by atoms with E-state index in [0.29, 0.717) is 17.0 Å². The van der Waals surface area contributed by atoms with Gasteiger partial charge in [-0.2, -0.15) is 0 Å². The third-order valence-electron chi connectivity index (χ3n) is 3.67. The zero-order chi connectivity index (χ0) is 17.2. The second kappa shape index (κ2) is 6.62. The van der Waals surface area contributed by atoms with Crippen molar-refractivity contribution in [1.82, 2.24) is 4.72 Å². The third-order valence-corrected chi connectivity index (χ3v) is 5.21. The molecule has 1 fully saturated rings. The van der Waals surface area contributed by atoms with Crippen LogP contribution in [0.2, 0.25) is 0 Å². The van der Waals surface area contributed by atoms with Gasteiger partial charge in [-0.25, -0.2) is 13.1 Å². The first-order chi connectivity index (χ1) is 11.5. The number of benzene rings is 2. The molecule has 1 aliphatic carbocycles. The number of amides is 1. The number of hydrogen-bond acceptors (Lipinski definition) is 4. The van der Waals surface area contributed by atoms with Gasteiger partial charge in [0, 0.05) is 17.3 Å². The SMILES string of the molecule is COc1ccc(NC(=O)c2ccc(S(=O)(=O)NC3CC3)cc2)cc1. The van der Waals surface area contributed by atoms with Crippen LogP contribution in [0.15, 0.2) is 53.4 Å². The molecule has 1 aliphatic rings. The van der Waals surface area contributed by atoms with Crippen LogP contribution in [-0.2, 0) is 10.0 Å². The summed E-state index contributed by atoms with van der Waals surface area (Å²) < 4.78 is 31.8. The number of anilines is 1. The van der Waals surface area contributed by atoms with Gasteiger partial charge in [-0.05, 0) is 61.4 Å². The molecule has 0 aromatic heterocycles. The van der Waals surface area contributed by atoms with Gasteiger partial charge in [0.25, 0.3) is 5.91 Å². The lowest BCUT2D eigenvalue weighted by Gasteiger charge is -2.08. The molecule has 0 saturated heterocycles. The van der Waals surface area contributed by atoms with E-state index in [1.54, 1.807) is 31.4 Å². The van der Waals surface area contributed by atoms with E-state index in [1.165, 1.54) is 24.3 Å². The Kier molecular flexibility index (Phi) is 4.55. The maximum atomic E-state index is 12.2. The van der Waals surface area contributed by atoms with Gasteiger partial charge >= 0.3 is 0 Å². The molecule has 2 aromatic rings. The average Bonchev–Trinajstić information content (AvgIpc) is 3.39. The van der Waals surface area contributed by atoms with Crippen molar-refractivity contribution in [3.63, 3.8) is 0 Å². The highest BCUT2D eigenvalue weighted by Gasteiger charge is 2.27. The van der Waals surface area contributed by atoms with E-state index >= 15 is 0 Å². The Hall–Kier alpha value is -2.38. The lowest BCUT2D eigenvalue weighted by atomic mass is 10.2. The van der Waals surface area contributed by atoms with E-state index in [1.807, 2.05) is 0 Å². The summed E-state index contributed by atoms with van der Waals surface area (Å²) in [7, 11) is -1.93. The molecule has 0 radical (unpaired) electrons. The predicted octanol–water partition coefficient (Wildman–Crippen LogP) is 2.39. The lowest BCUT2D eigenvalue weighted by molar-refractivity contribution is 0.102. The van der Waals surface area contributed by atoms with E-state index in [2.05, 4.69) is 10.0 Å². The Morgan fingerprint density at radius 3 is 2.21 bits per heavy atom. The standard InChI is InChI=1S/C17H18N2O4S/c1-23-15-8-6-13(7-9-15)18-17(20)12-2-10-16(11-3-12)24(21,22)19-14-4-5-14/h2-3,6-11,14,19H,4-5H2,1H3,(H,18,20). The number of rotatable bonds is 6. The summed E-state index contributed by atoms with van der Waals surface area (Å²) in [6, 6.07) is 12.9. The van der Waals surface area contributed by atoms with Crippen LogP contribution >= 0.6 is 0 Å². The molecule has 0 bridgehead atoms. The largest absolute Gasteiger partial charge is 0.497 e. The fourth-order valence-corrected chi connectivity index (χ4v) is 3.46. The van der Waals surface area contributed by atoms with Crippen LogP contribution < -0.4 is 14.8 Å². The lowest BCUT2D eigenvalue weighted by Crippen LogP contribution is -2.25. The summed E-state index contributed by atoms with van der Waals surface area (Å²) in [5.41, 5.74) is 1.02. The fourth-order valence-electron chi connectivity index (χ4n) is 2.15. The number of sulfonamides is 1. The van der Waals surface area contributed by atoms with Gasteiger partial charge in [-0.15, -0.1) is 0 Å². The maximum Gasteiger partial charge on any atom is 0.255 e. The van der Waals surface area contributed by atoms with Crippen molar-refractivity contribution in [3.8, 4) is 5.75 Å². The van der Waals surface area contributed by atoms with Gasteiger partial charge < -0.3 is 10.1 Å². The van der Waals surface area contributed by atoms with Gasteiger partial charge in [0.1, 0.15) is 5.75 Å². The number of carbonyl (C=O) groups excluding carboxylic acids is 1. The number of nitrogens with one attached hydrogen (secondary N) is 2. The van der Waals surface area contributed by atoms with Crippen LogP contribution in [0.1, 0.15) is 23.2 Å². The quantitative estimate of drug-likeness (QED) is 0.841. The Labute approximate surface area is 140 Å². The smallest absolute Gasteiger partial charge is 0.255 e. The summed E-state index contributed by atoms with van der Waals surface area (Å²) in [6.07, 6.45) is 1.75. The molecule has 3 rings (SSSR count).